The molecule has 0 atom stereocenters. The van der Waals surface area contributed by atoms with Gasteiger partial charge in [0.25, 0.3) is 17.0 Å². The summed E-state index contributed by atoms with van der Waals surface area (Å²) in [5.41, 5.74) is -1.61. The Kier molecular flexibility index (Phi) is 6.67. The van der Waals surface area contributed by atoms with E-state index in [1.165, 1.54) is 35.2 Å². The van der Waals surface area contributed by atoms with Gasteiger partial charge in [-0.25, -0.2) is 18.7 Å². The van der Waals surface area contributed by atoms with Crippen LogP contribution in [0.4, 0.5) is 4.39 Å². The number of hydrogen-bond donors (Lipinski definition) is 2. The molecule has 0 radical (unpaired) electrons. The molecule has 0 spiro atoms. The molecule has 0 unspecified atom stereocenters. The van der Waals surface area contributed by atoms with E-state index in [1.54, 1.807) is 31.4 Å². The van der Waals surface area contributed by atoms with Crippen molar-refractivity contribution in [3.8, 4) is 22.7 Å². The van der Waals surface area contributed by atoms with Gasteiger partial charge in [-0.1, -0.05) is 12.1 Å². The zero-order valence-electron chi connectivity index (χ0n) is 18.5. The normalized spacial score (nSPS) is 10.7. The molecule has 0 bridgehead atoms. The fourth-order valence-corrected chi connectivity index (χ4v) is 3.39. The summed E-state index contributed by atoms with van der Waals surface area (Å²) in [4.78, 5) is 56.4. The summed E-state index contributed by atoms with van der Waals surface area (Å²) in [5.74, 6) is -0.893. The van der Waals surface area contributed by atoms with Crippen molar-refractivity contribution < 1.29 is 13.9 Å². The molecule has 0 aliphatic carbocycles. The number of ether oxygens (including phenoxy) is 1. The van der Waals surface area contributed by atoms with Crippen LogP contribution in [0.15, 0.2) is 81.5 Å². The zero-order valence-corrected chi connectivity index (χ0v) is 18.5. The summed E-state index contributed by atoms with van der Waals surface area (Å²) in [5, 5.41) is 2.52. The highest BCUT2D eigenvalue weighted by atomic mass is 19.1. The molecular formula is C24H20FN5O5. The summed E-state index contributed by atoms with van der Waals surface area (Å²) in [7, 11) is 1.56. The first kappa shape index (κ1) is 23.4. The first-order valence-corrected chi connectivity index (χ1v) is 10.5. The number of methoxy groups -OCH3 is 1. The Hall–Kier alpha value is -4.80. The molecule has 2 heterocycles. The van der Waals surface area contributed by atoms with Crippen LogP contribution >= 0.6 is 0 Å². The lowest BCUT2D eigenvalue weighted by Crippen LogP contribution is -2.40. The van der Waals surface area contributed by atoms with Gasteiger partial charge in [-0.2, -0.15) is 0 Å². The van der Waals surface area contributed by atoms with Gasteiger partial charge in [0.2, 0.25) is 0 Å². The minimum atomic E-state index is -0.973. The van der Waals surface area contributed by atoms with E-state index < -0.39 is 23.0 Å². The largest absolute Gasteiger partial charge is 0.497 e. The van der Waals surface area contributed by atoms with Crippen LogP contribution in [0, 0.1) is 5.82 Å². The molecule has 0 aliphatic rings. The number of aromatic nitrogens is 4. The molecule has 2 aromatic carbocycles. The number of rotatable bonds is 7. The van der Waals surface area contributed by atoms with Gasteiger partial charge in [0, 0.05) is 30.9 Å². The lowest BCUT2D eigenvalue weighted by atomic mass is 10.1. The van der Waals surface area contributed by atoms with Gasteiger partial charge in [0.1, 0.15) is 17.1 Å². The Morgan fingerprint density at radius 1 is 1.11 bits per heavy atom. The highest BCUT2D eigenvalue weighted by molar-refractivity contribution is 5.93. The number of amides is 1. The van der Waals surface area contributed by atoms with Gasteiger partial charge in [-0.05, 0) is 36.4 Å². The smallest absolute Gasteiger partial charge is 0.333 e. The van der Waals surface area contributed by atoms with Crippen molar-refractivity contribution in [3.63, 3.8) is 0 Å². The van der Waals surface area contributed by atoms with Crippen LogP contribution in [0.25, 0.3) is 16.9 Å². The van der Waals surface area contributed by atoms with E-state index in [0.717, 1.165) is 17.8 Å². The number of benzene rings is 2. The molecule has 10 nitrogen and oxygen atoms in total. The predicted molar refractivity (Wildman–Crippen MR) is 125 cm³/mol. The molecular weight excluding hydrogens is 457 g/mol. The van der Waals surface area contributed by atoms with Gasteiger partial charge in [0.15, 0.2) is 0 Å². The van der Waals surface area contributed by atoms with Crippen LogP contribution in [0.5, 0.6) is 5.75 Å². The lowest BCUT2D eigenvalue weighted by Gasteiger charge is -2.10. The third kappa shape index (κ3) is 4.93. The summed E-state index contributed by atoms with van der Waals surface area (Å²) in [6.45, 7) is 0.0892. The summed E-state index contributed by atoms with van der Waals surface area (Å²) in [6, 6.07) is 13.7. The van der Waals surface area contributed by atoms with Gasteiger partial charge in [0.05, 0.1) is 24.8 Å². The zero-order chi connectivity index (χ0) is 24.9. The Balaban J connectivity index is 1.46. The number of carbonyl (C=O) groups excluding carboxylic acids is 1. The summed E-state index contributed by atoms with van der Waals surface area (Å²) >= 11 is 0. The van der Waals surface area contributed by atoms with Gasteiger partial charge in [-0.15, -0.1) is 0 Å². The Morgan fingerprint density at radius 2 is 1.86 bits per heavy atom. The van der Waals surface area contributed by atoms with E-state index in [-0.39, 0.29) is 29.9 Å². The first-order chi connectivity index (χ1) is 16.9. The van der Waals surface area contributed by atoms with Crippen molar-refractivity contribution in [2.45, 2.75) is 6.54 Å². The van der Waals surface area contributed by atoms with Gasteiger partial charge >= 0.3 is 5.69 Å². The van der Waals surface area contributed by atoms with Crippen molar-refractivity contribution in [3.05, 3.63) is 110 Å². The van der Waals surface area contributed by atoms with Gasteiger partial charge < -0.3 is 15.0 Å². The summed E-state index contributed by atoms with van der Waals surface area (Å²) in [6.07, 6.45) is 2.33. The van der Waals surface area contributed by atoms with Crippen molar-refractivity contribution >= 4 is 5.91 Å². The second-order valence-corrected chi connectivity index (χ2v) is 7.39. The molecule has 2 N–H and O–H groups in total. The minimum Gasteiger partial charge on any atom is -0.497 e. The molecule has 2 aromatic heterocycles. The molecule has 1 amide bonds. The van der Waals surface area contributed by atoms with Crippen LogP contribution < -0.4 is 26.9 Å². The van der Waals surface area contributed by atoms with Crippen LogP contribution in [0.2, 0.25) is 0 Å². The highest BCUT2D eigenvalue weighted by Gasteiger charge is 2.17. The number of halogens is 1. The number of para-hydroxylation sites is 1. The maximum absolute atomic E-state index is 14.1. The van der Waals surface area contributed by atoms with Gasteiger partial charge in [-0.3, -0.25) is 19.0 Å². The monoisotopic (exact) mass is 477 g/mol. The summed E-state index contributed by atoms with van der Waals surface area (Å²) < 4.78 is 21.1. The molecule has 4 rings (SSSR count). The maximum Gasteiger partial charge on any atom is 0.333 e. The number of nitrogens with zero attached hydrogens (tertiary/aromatic N) is 3. The predicted octanol–water partition coefficient (Wildman–Crippen LogP) is 1.33. The molecule has 0 saturated carbocycles. The SMILES string of the molecule is COc1ccc(-c2cc(=O)n(CCNC(=O)c3c[nH]c(=O)n(-c4ccccc4F)c3=O)cn2)cc1. The molecule has 0 aliphatic heterocycles. The fourth-order valence-electron chi connectivity index (χ4n) is 3.39. The van der Waals surface area contributed by atoms with Crippen molar-refractivity contribution in [1.29, 1.82) is 0 Å². The fraction of sp³-hybridized carbons (Fsp3) is 0.125. The Bertz CT molecular complexity index is 1560. The van der Waals surface area contributed by atoms with E-state index in [1.807, 2.05) is 0 Å². The van der Waals surface area contributed by atoms with E-state index in [9.17, 15) is 23.6 Å². The Labute approximate surface area is 197 Å². The van der Waals surface area contributed by atoms with E-state index in [0.29, 0.717) is 16.0 Å². The molecule has 0 saturated heterocycles. The quantitative estimate of drug-likeness (QED) is 0.413. The van der Waals surface area contributed by atoms with Crippen molar-refractivity contribution in [1.82, 2.24) is 24.4 Å². The molecule has 11 heteroatoms. The van der Waals surface area contributed by atoms with Crippen molar-refractivity contribution in [2.24, 2.45) is 0 Å². The maximum atomic E-state index is 14.1. The average Bonchev–Trinajstić information content (AvgIpc) is 2.86. The second-order valence-electron chi connectivity index (χ2n) is 7.39. The van der Waals surface area contributed by atoms with Crippen LogP contribution in [-0.2, 0) is 6.54 Å². The minimum absolute atomic E-state index is 0.000563. The highest BCUT2D eigenvalue weighted by Crippen LogP contribution is 2.19. The number of nitrogens with one attached hydrogen (secondary N) is 2. The van der Waals surface area contributed by atoms with Crippen LogP contribution in [0.3, 0.4) is 0 Å². The van der Waals surface area contributed by atoms with E-state index in [4.69, 9.17) is 4.74 Å². The number of hydrogen-bond acceptors (Lipinski definition) is 6. The second kappa shape index (κ2) is 10.00. The van der Waals surface area contributed by atoms with E-state index >= 15 is 0 Å². The first-order valence-electron chi connectivity index (χ1n) is 10.5. The molecule has 178 valence electrons. The number of carbonyl (C=O) groups is 1. The average molecular weight is 477 g/mol. The lowest BCUT2D eigenvalue weighted by molar-refractivity contribution is 0.0949. The van der Waals surface area contributed by atoms with E-state index in [2.05, 4.69) is 15.3 Å². The molecule has 4 aromatic rings. The van der Waals surface area contributed by atoms with Crippen LogP contribution in [0.1, 0.15) is 10.4 Å². The Morgan fingerprint density at radius 3 is 2.54 bits per heavy atom. The topological polar surface area (TPSA) is 128 Å². The number of H-pyrrole nitrogens is 1. The molecule has 35 heavy (non-hydrogen) atoms. The third-order valence-corrected chi connectivity index (χ3v) is 5.22. The molecule has 0 fully saturated rings. The third-order valence-electron chi connectivity index (χ3n) is 5.22. The number of aromatic amines is 1. The van der Waals surface area contributed by atoms with Crippen LogP contribution in [-0.4, -0.2) is 38.7 Å². The standard InChI is InChI=1S/C24H20FN5O5/c1-35-16-8-6-15(7-9-16)19-12-21(31)29(14-28-19)11-10-26-22(32)17-13-27-24(34)30(23(17)33)20-5-3-2-4-18(20)25/h2-9,12-14H,10-11H2,1H3,(H,26,32)(H,27,34). The van der Waals surface area contributed by atoms with Crippen molar-refractivity contribution in [2.75, 3.05) is 13.7 Å².